The number of likely N-dealkylation sites (tertiary alicyclic amines) is 1. The van der Waals surface area contributed by atoms with Gasteiger partial charge in [-0.15, -0.1) is 0 Å². The number of hydrogen-bond acceptors (Lipinski definition) is 4. The highest BCUT2D eigenvalue weighted by Crippen LogP contribution is 2.20. The summed E-state index contributed by atoms with van der Waals surface area (Å²) in [6, 6.07) is 1.36. The van der Waals surface area contributed by atoms with Gasteiger partial charge in [-0.2, -0.15) is 0 Å². The summed E-state index contributed by atoms with van der Waals surface area (Å²) in [5, 5.41) is 13.6. The Morgan fingerprint density at radius 3 is 2.82 bits per heavy atom. The van der Waals surface area contributed by atoms with Crippen molar-refractivity contribution in [3.8, 4) is 0 Å². The summed E-state index contributed by atoms with van der Waals surface area (Å²) < 4.78 is 5.45. The van der Waals surface area contributed by atoms with Crippen LogP contribution in [0, 0.1) is 0 Å². The largest absolute Gasteiger partial charge is 0.389 e. The minimum Gasteiger partial charge on any atom is -0.389 e. The molecule has 0 aliphatic carbocycles. The number of hydrogen-bond donors (Lipinski definition) is 2. The van der Waals surface area contributed by atoms with Crippen LogP contribution in [0.3, 0.4) is 0 Å². The Hall–Kier alpha value is -0.160. The van der Waals surface area contributed by atoms with Crippen LogP contribution < -0.4 is 5.32 Å². The van der Waals surface area contributed by atoms with Crippen molar-refractivity contribution in [3.63, 3.8) is 0 Å². The molecule has 2 saturated heterocycles. The van der Waals surface area contributed by atoms with Crippen LogP contribution >= 0.6 is 0 Å². The summed E-state index contributed by atoms with van der Waals surface area (Å²) in [6.45, 7) is 7.39. The third kappa shape index (κ3) is 4.21. The minimum absolute atomic E-state index is 0.200. The molecule has 0 amide bonds. The molecule has 2 heterocycles. The van der Waals surface area contributed by atoms with Gasteiger partial charge in [0.25, 0.3) is 0 Å². The Kier molecular flexibility index (Phi) is 4.79. The average Bonchev–Trinajstić information content (AvgIpc) is 2.60. The molecule has 0 saturated carbocycles. The van der Waals surface area contributed by atoms with Gasteiger partial charge in [-0.25, -0.2) is 0 Å². The molecule has 0 aromatic heterocycles. The Balaban J connectivity index is 1.71. The minimum atomic E-state index is -0.353. The summed E-state index contributed by atoms with van der Waals surface area (Å²) in [5.74, 6) is 0. The molecule has 0 aromatic rings. The number of aliphatic hydroxyl groups excluding tert-OH is 1. The summed E-state index contributed by atoms with van der Waals surface area (Å²) in [5.41, 5.74) is 0. The highest BCUT2D eigenvalue weighted by molar-refractivity contribution is 4.89. The smallest absolute Gasteiger partial charge is 0.0900 e. The van der Waals surface area contributed by atoms with Crippen LogP contribution in [0.1, 0.15) is 33.1 Å². The zero-order chi connectivity index (χ0) is 12.3. The molecule has 100 valence electrons. The molecule has 2 aliphatic heterocycles. The number of rotatable bonds is 5. The Bertz CT molecular complexity index is 235. The predicted octanol–water partition coefficient (Wildman–Crippen LogP) is 0.599. The van der Waals surface area contributed by atoms with Crippen molar-refractivity contribution in [1.82, 2.24) is 10.2 Å². The molecule has 17 heavy (non-hydrogen) atoms. The van der Waals surface area contributed by atoms with E-state index in [9.17, 15) is 5.11 Å². The zero-order valence-corrected chi connectivity index (χ0v) is 11.1. The molecule has 4 heteroatoms. The van der Waals surface area contributed by atoms with Crippen LogP contribution in [0.5, 0.6) is 0 Å². The van der Waals surface area contributed by atoms with Crippen molar-refractivity contribution < 1.29 is 9.84 Å². The van der Waals surface area contributed by atoms with E-state index in [2.05, 4.69) is 10.2 Å². The van der Waals surface area contributed by atoms with Crippen molar-refractivity contribution in [2.75, 3.05) is 26.2 Å². The Labute approximate surface area is 104 Å². The van der Waals surface area contributed by atoms with Gasteiger partial charge in [0, 0.05) is 25.2 Å². The van der Waals surface area contributed by atoms with E-state index < -0.39 is 0 Å². The third-order valence-electron chi connectivity index (χ3n) is 3.70. The molecule has 0 radical (unpaired) electrons. The van der Waals surface area contributed by atoms with E-state index >= 15 is 0 Å². The first-order valence-corrected chi connectivity index (χ1v) is 6.91. The van der Waals surface area contributed by atoms with Gasteiger partial charge < -0.3 is 15.2 Å². The fourth-order valence-corrected chi connectivity index (χ4v) is 2.84. The summed E-state index contributed by atoms with van der Waals surface area (Å²) in [7, 11) is 0. The van der Waals surface area contributed by atoms with Gasteiger partial charge in [-0.05, 0) is 39.7 Å². The average molecular weight is 242 g/mol. The molecule has 4 nitrogen and oxygen atoms in total. The lowest BCUT2D eigenvalue weighted by Crippen LogP contribution is -2.40. The standard InChI is InChI=1S/C13H26N2O2/c1-10(2)17-9-13(16)8-15-6-5-11-3-4-12(7-15)14-11/h10-14,16H,3-9H2,1-2H3. The molecule has 3 atom stereocenters. The first-order valence-electron chi connectivity index (χ1n) is 6.91. The molecule has 2 aliphatic rings. The quantitative estimate of drug-likeness (QED) is 0.741. The van der Waals surface area contributed by atoms with E-state index in [-0.39, 0.29) is 12.2 Å². The first kappa shape index (κ1) is 13.3. The topological polar surface area (TPSA) is 44.7 Å². The van der Waals surface area contributed by atoms with Gasteiger partial charge in [0.15, 0.2) is 0 Å². The fraction of sp³-hybridized carbons (Fsp3) is 1.00. The van der Waals surface area contributed by atoms with Gasteiger partial charge in [0.1, 0.15) is 0 Å². The lowest BCUT2D eigenvalue weighted by Gasteiger charge is -2.26. The molecule has 2 rings (SSSR count). The van der Waals surface area contributed by atoms with Crippen molar-refractivity contribution in [2.45, 2.75) is 57.4 Å². The predicted molar refractivity (Wildman–Crippen MR) is 68.1 cm³/mol. The second-order valence-corrected chi connectivity index (χ2v) is 5.72. The van der Waals surface area contributed by atoms with E-state index in [4.69, 9.17) is 4.74 Å². The monoisotopic (exact) mass is 242 g/mol. The van der Waals surface area contributed by atoms with Crippen LogP contribution in [0.25, 0.3) is 0 Å². The lowest BCUT2D eigenvalue weighted by atomic mass is 10.1. The van der Waals surface area contributed by atoms with Crippen LogP contribution in [-0.4, -0.2) is 60.5 Å². The van der Waals surface area contributed by atoms with Crippen molar-refractivity contribution >= 4 is 0 Å². The SMILES string of the molecule is CC(C)OCC(O)CN1CCC2CCC(C1)N2. The number of fused-ring (bicyclic) bond motifs is 2. The zero-order valence-electron chi connectivity index (χ0n) is 11.1. The number of β-amino-alcohol motifs (C(OH)–C–C–N with tert-alkyl or cyclic N) is 1. The van der Waals surface area contributed by atoms with E-state index in [1.807, 2.05) is 13.8 Å². The van der Waals surface area contributed by atoms with E-state index in [1.165, 1.54) is 19.3 Å². The Morgan fingerprint density at radius 1 is 1.29 bits per heavy atom. The number of nitrogens with zero attached hydrogens (tertiary/aromatic N) is 1. The van der Waals surface area contributed by atoms with Crippen molar-refractivity contribution in [1.29, 1.82) is 0 Å². The van der Waals surface area contributed by atoms with Crippen molar-refractivity contribution in [3.05, 3.63) is 0 Å². The van der Waals surface area contributed by atoms with Crippen LogP contribution in [0.2, 0.25) is 0 Å². The van der Waals surface area contributed by atoms with Gasteiger partial charge >= 0.3 is 0 Å². The van der Waals surface area contributed by atoms with Crippen LogP contribution in [0.4, 0.5) is 0 Å². The molecule has 2 bridgehead atoms. The summed E-state index contributed by atoms with van der Waals surface area (Å²) >= 11 is 0. The van der Waals surface area contributed by atoms with E-state index in [0.29, 0.717) is 18.7 Å². The van der Waals surface area contributed by atoms with Crippen LogP contribution in [-0.2, 0) is 4.74 Å². The number of ether oxygens (including phenoxy) is 1. The molecule has 3 unspecified atom stereocenters. The molecular formula is C13H26N2O2. The maximum Gasteiger partial charge on any atom is 0.0900 e. The van der Waals surface area contributed by atoms with Gasteiger partial charge in [0.05, 0.1) is 18.8 Å². The molecule has 2 N–H and O–H groups in total. The maximum absolute atomic E-state index is 9.93. The first-order chi connectivity index (χ1) is 8.13. The lowest BCUT2D eigenvalue weighted by molar-refractivity contribution is -0.00887. The maximum atomic E-state index is 9.93. The number of nitrogens with one attached hydrogen (secondary N) is 1. The molecule has 0 spiro atoms. The van der Waals surface area contributed by atoms with Crippen molar-refractivity contribution in [2.24, 2.45) is 0 Å². The Morgan fingerprint density at radius 2 is 2.06 bits per heavy atom. The van der Waals surface area contributed by atoms with Gasteiger partial charge in [-0.3, -0.25) is 4.90 Å². The molecule has 2 fully saturated rings. The van der Waals surface area contributed by atoms with E-state index in [1.54, 1.807) is 0 Å². The highest BCUT2D eigenvalue weighted by atomic mass is 16.5. The van der Waals surface area contributed by atoms with Crippen LogP contribution in [0.15, 0.2) is 0 Å². The van der Waals surface area contributed by atoms with E-state index in [0.717, 1.165) is 19.6 Å². The summed E-state index contributed by atoms with van der Waals surface area (Å²) in [4.78, 5) is 2.38. The van der Waals surface area contributed by atoms with Gasteiger partial charge in [-0.1, -0.05) is 0 Å². The molecular weight excluding hydrogens is 216 g/mol. The summed E-state index contributed by atoms with van der Waals surface area (Å²) in [6.07, 6.45) is 3.69. The highest BCUT2D eigenvalue weighted by Gasteiger charge is 2.29. The second kappa shape index (κ2) is 6.14. The third-order valence-corrected chi connectivity index (χ3v) is 3.70. The fourth-order valence-electron chi connectivity index (χ4n) is 2.84. The van der Waals surface area contributed by atoms with Gasteiger partial charge in [0.2, 0.25) is 0 Å². The normalized spacial score (nSPS) is 31.8. The second-order valence-electron chi connectivity index (χ2n) is 5.72. The molecule has 0 aromatic carbocycles. The number of aliphatic hydroxyl groups is 1.